The second-order valence-electron chi connectivity index (χ2n) is 7.28. The number of carbonyl (C=O) groups is 2. The van der Waals surface area contributed by atoms with E-state index in [2.05, 4.69) is 16.5 Å². The number of aryl methyl sites for hydroxylation is 1. The molecule has 1 aromatic heterocycles. The van der Waals surface area contributed by atoms with Crippen LogP contribution in [-0.2, 0) is 11.2 Å². The first-order chi connectivity index (χ1) is 14.0. The van der Waals surface area contributed by atoms with E-state index < -0.39 is 17.6 Å². The maximum Gasteiger partial charge on any atom is 0.357 e. The zero-order chi connectivity index (χ0) is 20.5. The molecule has 7 nitrogen and oxygen atoms in total. The van der Waals surface area contributed by atoms with Crippen molar-refractivity contribution in [1.29, 1.82) is 0 Å². The summed E-state index contributed by atoms with van der Waals surface area (Å²) in [5, 5.41) is 17.0. The van der Waals surface area contributed by atoms with Crippen LogP contribution in [0.15, 0.2) is 53.3 Å². The molecule has 7 heteroatoms. The number of carboxylic acids is 1. The Morgan fingerprint density at radius 1 is 1.14 bits per heavy atom. The molecule has 2 atom stereocenters. The maximum absolute atomic E-state index is 12.9. The quantitative estimate of drug-likeness (QED) is 0.712. The second-order valence-corrected chi connectivity index (χ2v) is 7.28. The SMILES string of the molecule is C[C@@H](C(=O)N[C@H]1CCCc2ccccc21)n1nc(C(=O)O)c2ccccc2c1=O. The van der Waals surface area contributed by atoms with Gasteiger partial charge >= 0.3 is 5.97 Å². The number of rotatable bonds is 4. The van der Waals surface area contributed by atoms with E-state index in [9.17, 15) is 19.5 Å². The molecule has 4 rings (SSSR count). The molecular formula is C22H21N3O4. The number of carboxylic acid groups (broad SMARTS) is 1. The Bertz CT molecular complexity index is 1170. The van der Waals surface area contributed by atoms with Gasteiger partial charge in [0.05, 0.1) is 11.4 Å². The zero-order valence-electron chi connectivity index (χ0n) is 16.0. The molecule has 0 bridgehead atoms. The van der Waals surface area contributed by atoms with E-state index in [0.29, 0.717) is 0 Å². The highest BCUT2D eigenvalue weighted by atomic mass is 16.4. The lowest BCUT2D eigenvalue weighted by Crippen LogP contribution is -2.40. The van der Waals surface area contributed by atoms with Crippen molar-refractivity contribution in [2.24, 2.45) is 0 Å². The Balaban J connectivity index is 1.68. The fraction of sp³-hybridized carbons (Fsp3) is 0.273. The highest BCUT2D eigenvalue weighted by Gasteiger charge is 2.26. The standard InChI is InChI=1S/C22H21N3O4/c1-13(20(26)23-18-12-6-8-14-7-2-3-9-15(14)18)25-21(27)17-11-5-4-10-16(17)19(24-25)22(28)29/h2-5,7,9-11,13,18H,6,8,12H2,1H3,(H,23,26)(H,28,29)/t13-,18-/m0/s1. The van der Waals surface area contributed by atoms with Crippen molar-refractivity contribution in [2.45, 2.75) is 38.3 Å². The van der Waals surface area contributed by atoms with Crippen LogP contribution in [0, 0.1) is 0 Å². The van der Waals surface area contributed by atoms with Gasteiger partial charge in [-0.1, -0.05) is 42.5 Å². The van der Waals surface area contributed by atoms with Crippen LogP contribution in [0.25, 0.3) is 10.8 Å². The van der Waals surface area contributed by atoms with Crippen molar-refractivity contribution >= 4 is 22.6 Å². The van der Waals surface area contributed by atoms with Gasteiger partial charge in [0.25, 0.3) is 5.56 Å². The molecule has 0 fully saturated rings. The van der Waals surface area contributed by atoms with Gasteiger partial charge in [0.2, 0.25) is 5.91 Å². The molecule has 1 heterocycles. The van der Waals surface area contributed by atoms with Gasteiger partial charge in [-0.2, -0.15) is 5.10 Å². The molecule has 29 heavy (non-hydrogen) atoms. The van der Waals surface area contributed by atoms with Gasteiger partial charge in [0, 0.05) is 5.39 Å². The number of nitrogens with zero attached hydrogens (tertiary/aromatic N) is 2. The minimum absolute atomic E-state index is 0.134. The van der Waals surface area contributed by atoms with E-state index in [1.54, 1.807) is 31.2 Å². The molecule has 2 aromatic carbocycles. The van der Waals surface area contributed by atoms with E-state index in [-0.39, 0.29) is 28.4 Å². The summed E-state index contributed by atoms with van der Waals surface area (Å²) >= 11 is 0. The molecular weight excluding hydrogens is 370 g/mol. The summed E-state index contributed by atoms with van der Waals surface area (Å²) < 4.78 is 0.968. The molecule has 148 valence electrons. The Kier molecular flexibility index (Phi) is 4.88. The Morgan fingerprint density at radius 3 is 2.59 bits per heavy atom. The van der Waals surface area contributed by atoms with Crippen molar-refractivity contribution in [3.63, 3.8) is 0 Å². The van der Waals surface area contributed by atoms with Crippen molar-refractivity contribution in [3.8, 4) is 0 Å². The largest absolute Gasteiger partial charge is 0.476 e. The van der Waals surface area contributed by atoms with Crippen molar-refractivity contribution in [1.82, 2.24) is 15.1 Å². The van der Waals surface area contributed by atoms with Crippen LogP contribution in [-0.4, -0.2) is 26.8 Å². The van der Waals surface area contributed by atoms with E-state index in [1.807, 2.05) is 18.2 Å². The van der Waals surface area contributed by atoms with E-state index >= 15 is 0 Å². The summed E-state index contributed by atoms with van der Waals surface area (Å²) in [6.45, 7) is 1.55. The van der Waals surface area contributed by atoms with Gasteiger partial charge in [-0.05, 0) is 43.4 Å². The molecule has 1 amide bonds. The van der Waals surface area contributed by atoms with Gasteiger partial charge in [-0.25, -0.2) is 9.48 Å². The molecule has 3 aromatic rings. The predicted octanol–water partition coefficient (Wildman–Crippen LogP) is 2.85. The fourth-order valence-corrected chi connectivity index (χ4v) is 3.93. The predicted molar refractivity (Wildman–Crippen MR) is 108 cm³/mol. The molecule has 0 spiro atoms. The van der Waals surface area contributed by atoms with Crippen LogP contribution < -0.4 is 10.9 Å². The summed E-state index contributed by atoms with van der Waals surface area (Å²) in [6.07, 6.45) is 2.76. The van der Waals surface area contributed by atoms with Gasteiger partial charge in [0.15, 0.2) is 5.69 Å². The third-order valence-corrected chi connectivity index (χ3v) is 5.46. The smallest absolute Gasteiger partial charge is 0.357 e. The van der Waals surface area contributed by atoms with Gasteiger partial charge in [0.1, 0.15) is 6.04 Å². The first kappa shape index (κ1) is 18.9. The number of benzene rings is 2. The molecule has 2 N–H and O–H groups in total. The van der Waals surface area contributed by atoms with Gasteiger partial charge in [-0.15, -0.1) is 0 Å². The lowest BCUT2D eigenvalue weighted by molar-refractivity contribution is -0.125. The minimum Gasteiger partial charge on any atom is -0.476 e. The average Bonchev–Trinajstić information content (AvgIpc) is 2.73. The van der Waals surface area contributed by atoms with Crippen LogP contribution in [0.5, 0.6) is 0 Å². The van der Waals surface area contributed by atoms with Crippen LogP contribution in [0.4, 0.5) is 0 Å². The fourth-order valence-electron chi connectivity index (χ4n) is 3.93. The number of carbonyl (C=O) groups excluding carboxylic acids is 1. The molecule has 1 aliphatic carbocycles. The normalized spacial score (nSPS) is 16.8. The second kappa shape index (κ2) is 7.50. The third-order valence-electron chi connectivity index (χ3n) is 5.46. The first-order valence-electron chi connectivity index (χ1n) is 9.60. The van der Waals surface area contributed by atoms with E-state index in [4.69, 9.17) is 0 Å². The summed E-state index contributed by atoms with van der Waals surface area (Å²) in [5.74, 6) is -1.61. The monoisotopic (exact) mass is 391 g/mol. The van der Waals surface area contributed by atoms with Crippen LogP contribution in [0.3, 0.4) is 0 Å². The summed E-state index contributed by atoms with van der Waals surface area (Å²) in [5.41, 5.74) is 1.57. The Morgan fingerprint density at radius 2 is 1.83 bits per heavy atom. The van der Waals surface area contributed by atoms with Crippen molar-refractivity contribution in [3.05, 3.63) is 75.7 Å². The first-order valence-corrected chi connectivity index (χ1v) is 9.60. The van der Waals surface area contributed by atoms with E-state index in [0.717, 1.165) is 29.5 Å². The lowest BCUT2D eigenvalue weighted by Gasteiger charge is -2.27. The number of aromatic nitrogens is 2. The summed E-state index contributed by atoms with van der Waals surface area (Å²) in [6, 6.07) is 13.3. The Hall–Kier alpha value is -3.48. The van der Waals surface area contributed by atoms with Crippen molar-refractivity contribution in [2.75, 3.05) is 0 Å². The molecule has 0 saturated carbocycles. The number of aromatic carboxylic acids is 1. The van der Waals surface area contributed by atoms with Crippen molar-refractivity contribution < 1.29 is 14.7 Å². The zero-order valence-corrected chi connectivity index (χ0v) is 16.0. The number of amides is 1. The molecule has 0 aliphatic heterocycles. The average molecular weight is 391 g/mol. The number of hydrogen-bond acceptors (Lipinski definition) is 4. The highest BCUT2D eigenvalue weighted by molar-refractivity contribution is 6.01. The lowest BCUT2D eigenvalue weighted by atomic mass is 9.87. The number of nitrogens with one attached hydrogen (secondary N) is 1. The van der Waals surface area contributed by atoms with Crippen LogP contribution in [0.1, 0.15) is 53.5 Å². The number of fused-ring (bicyclic) bond motifs is 2. The van der Waals surface area contributed by atoms with Gasteiger partial charge in [-0.3, -0.25) is 9.59 Å². The number of hydrogen-bond donors (Lipinski definition) is 2. The topological polar surface area (TPSA) is 101 Å². The molecule has 1 aliphatic rings. The minimum atomic E-state index is -1.25. The molecule has 0 radical (unpaired) electrons. The van der Waals surface area contributed by atoms with Gasteiger partial charge < -0.3 is 10.4 Å². The third kappa shape index (κ3) is 3.40. The van der Waals surface area contributed by atoms with Crippen LogP contribution in [0.2, 0.25) is 0 Å². The summed E-state index contributed by atoms with van der Waals surface area (Å²) in [4.78, 5) is 37.4. The van der Waals surface area contributed by atoms with E-state index in [1.165, 1.54) is 5.56 Å². The Labute approximate surface area is 167 Å². The molecule has 0 unspecified atom stereocenters. The highest BCUT2D eigenvalue weighted by Crippen LogP contribution is 2.29. The summed E-state index contributed by atoms with van der Waals surface area (Å²) in [7, 11) is 0. The molecule has 0 saturated heterocycles. The maximum atomic E-state index is 12.9. The van der Waals surface area contributed by atoms with Crippen LogP contribution >= 0.6 is 0 Å².